The summed E-state index contributed by atoms with van der Waals surface area (Å²) < 4.78 is 7.17. The van der Waals surface area contributed by atoms with E-state index in [0.717, 1.165) is 47.2 Å². The zero-order valence-electron chi connectivity index (χ0n) is 21.5. The first-order valence-electron chi connectivity index (χ1n) is 13.1. The van der Waals surface area contributed by atoms with Crippen LogP contribution in [0.2, 0.25) is 0 Å². The Morgan fingerprint density at radius 3 is 2.54 bits per heavy atom. The van der Waals surface area contributed by atoms with Gasteiger partial charge in [0.05, 0.1) is 42.8 Å². The van der Waals surface area contributed by atoms with Crippen molar-refractivity contribution in [2.24, 2.45) is 5.41 Å². The van der Waals surface area contributed by atoms with E-state index in [1.807, 2.05) is 25.1 Å². The number of rotatable bonds is 6. The smallest absolute Gasteiger partial charge is 0.409 e. The summed E-state index contributed by atoms with van der Waals surface area (Å²) >= 11 is 0. The summed E-state index contributed by atoms with van der Waals surface area (Å²) in [5, 5.41) is 20.3. The molecular formula is C29H35N3O5. The van der Waals surface area contributed by atoms with Crippen molar-refractivity contribution in [2.75, 3.05) is 20.3 Å². The first-order chi connectivity index (χ1) is 17.8. The number of hydrogen-bond donors (Lipinski definition) is 2. The van der Waals surface area contributed by atoms with Crippen molar-refractivity contribution in [2.45, 2.75) is 64.0 Å². The van der Waals surface area contributed by atoms with Gasteiger partial charge in [-0.1, -0.05) is 36.4 Å². The van der Waals surface area contributed by atoms with Gasteiger partial charge in [0.25, 0.3) is 0 Å². The van der Waals surface area contributed by atoms with Crippen LogP contribution in [0.4, 0.5) is 4.79 Å². The number of fused-ring (bicyclic) bond motifs is 3. The Balaban J connectivity index is 1.60. The molecule has 8 heteroatoms. The van der Waals surface area contributed by atoms with Crippen molar-refractivity contribution < 1.29 is 24.5 Å². The van der Waals surface area contributed by atoms with Crippen molar-refractivity contribution in [3.8, 4) is 0 Å². The molecule has 0 radical (unpaired) electrons. The average Bonchev–Trinajstić information content (AvgIpc) is 3.31. The summed E-state index contributed by atoms with van der Waals surface area (Å²) in [6.45, 7) is 2.82. The van der Waals surface area contributed by atoms with Crippen LogP contribution in [0.3, 0.4) is 0 Å². The molecule has 1 amide bonds. The summed E-state index contributed by atoms with van der Waals surface area (Å²) in [6, 6.07) is 14.1. The normalized spacial score (nSPS) is 22.5. The highest BCUT2D eigenvalue weighted by molar-refractivity contribution is 5.82. The number of aliphatic carboxylic acids is 1. The van der Waals surface area contributed by atoms with Crippen LogP contribution in [-0.2, 0) is 28.9 Å². The topological polar surface area (TPSA) is 105 Å². The molecule has 2 N–H and O–H groups in total. The van der Waals surface area contributed by atoms with Crippen molar-refractivity contribution >= 4 is 23.1 Å². The van der Waals surface area contributed by atoms with E-state index in [1.54, 1.807) is 4.90 Å². The lowest BCUT2D eigenvalue weighted by molar-refractivity contribution is -0.150. The van der Waals surface area contributed by atoms with E-state index in [9.17, 15) is 19.8 Å². The van der Waals surface area contributed by atoms with Gasteiger partial charge in [-0.2, -0.15) is 0 Å². The second kappa shape index (κ2) is 10.2. The number of benzene rings is 2. The van der Waals surface area contributed by atoms with Crippen molar-refractivity contribution in [1.82, 2.24) is 14.5 Å². The van der Waals surface area contributed by atoms with Gasteiger partial charge in [-0.05, 0) is 62.6 Å². The minimum Gasteiger partial charge on any atom is -0.481 e. The molecule has 1 aliphatic carbocycles. The van der Waals surface area contributed by atoms with Crippen LogP contribution in [0.1, 0.15) is 67.1 Å². The van der Waals surface area contributed by atoms with Gasteiger partial charge in [-0.25, -0.2) is 9.78 Å². The van der Waals surface area contributed by atoms with E-state index < -0.39 is 11.4 Å². The Morgan fingerprint density at radius 2 is 1.89 bits per heavy atom. The molecule has 0 saturated heterocycles. The number of nitrogens with zero attached hydrogens (tertiary/aromatic N) is 3. The number of imidazole rings is 1. The lowest BCUT2D eigenvalue weighted by atomic mass is 9.71. The molecule has 0 spiro atoms. The van der Waals surface area contributed by atoms with Crippen LogP contribution < -0.4 is 0 Å². The summed E-state index contributed by atoms with van der Waals surface area (Å²) in [7, 11) is 1.40. The number of carboxylic acid groups (broad SMARTS) is 1. The average molecular weight is 506 g/mol. The number of aliphatic hydroxyl groups is 1. The van der Waals surface area contributed by atoms with Crippen LogP contribution in [0, 0.1) is 5.41 Å². The number of hydrogen-bond acceptors (Lipinski definition) is 5. The third-order valence-corrected chi connectivity index (χ3v) is 8.38. The number of ether oxygens (including phenoxy) is 1. The van der Waals surface area contributed by atoms with Crippen molar-refractivity contribution in [3.05, 3.63) is 65.0 Å². The molecule has 1 aliphatic heterocycles. The standard InChI is InChI=1S/C29H35N3O5/c1-29(27(34)35)13-10-21(11-14-29)26-30-25-23-17-31(28(36)37-2)15-12-20(23)8-9-24(25)32(26)22(18-33)16-19-6-4-3-5-7-19/h3-9,21-22,33H,10-18H2,1-2H3,(H,34,35)/t21?,22-,29?/m0/s1. The third-order valence-electron chi connectivity index (χ3n) is 8.38. The number of carboxylic acids is 1. The lowest BCUT2D eigenvalue weighted by Gasteiger charge is -2.34. The number of carbonyl (C=O) groups excluding carboxylic acids is 1. The van der Waals surface area contributed by atoms with Crippen molar-refractivity contribution in [3.63, 3.8) is 0 Å². The predicted octanol–water partition coefficient (Wildman–Crippen LogP) is 4.69. The summed E-state index contributed by atoms with van der Waals surface area (Å²) in [5.41, 5.74) is 4.42. The maximum atomic E-state index is 12.3. The van der Waals surface area contributed by atoms with Gasteiger partial charge >= 0.3 is 12.1 Å². The first kappa shape index (κ1) is 25.3. The number of carbonyl (C=O) groups is 2. The molecule has 1 saturated carbocycles. The fourth-order valence-electron chi connectivity index (χ4n) is 6.02. The van der Waals surface area contributed by atoms with E-state index in [0.29, 0.717) is 32.4 Å². The molecule has 8 nitrogen and oxygen atoms in total. The molecule has 1 atom stereocenters. The Bertz CT molecular complexity index is 1290. The SMILES string of the molecule is COC(=O)N1CCc2ccc3c(nc(C4CCC(C)(C(=O)O)CC4)n3[C@H](CO)Cc3ccccc3)c2C1. The van der Waals surface area contributed by atoms with E-state index in [4.69, 9.17) is 9.72 Å². The first-order valence-corrected chi connectivity index (χ1v) is 13.1. The van der Waals surface area contributed by atoms with Crippen LogP contribution in [0.15, 0.2) is 42.5 Å². The van der Waals surface area contributed by atoms with Crippen molar-refractivity contribution in [1.29, 1.82) is 0 Å². The summed E-state index contributed by atoms with van der Waals surface area (Å²) in [6.07, 6.45) is 3.68. The van der Waals surface area contributed by atoms with Gasteiger partial charge in [0.15, 0.2) is 0 Å². The Kier molecular flexibility index (Phi) is 6.94. The highest BCUT2D eigenvalue weighted by Gasteiger charge is 2.40. The summed E-state index contributed by atoms with van der Waals surface area (Å²) in [4.78, 5) is 31.1. The van der Waals surface area contributed by atoms with Gasteiger partial charge in [-0.3, -0.25) is 4.79 Å². The van der Waals surface area contributed by atoms with E-state index in [1.165, 1.54) is 12.7 Å². The molecule has 5 rings (SSSR count). The molecule has 196 valence electrons. The van der Waals surface area contributed by atoms with Crippen LogP contribution in [0.5, 0.6) is 0 Å². The Hall–Kier alpha value is -3.39. The summed E-state index contributed by atoms with van der Waals surface area (Å²) in [5.74, 6) is 0.260. The minimum absolute atomic E-state index is 0.0434. The zero-order chi connectivity index (χ0) is 26.2. The molecule has 0 bridgehead atoms. The van der Waals surface area contributed by atoms with Gasteiger partial charge in [-0.15, -0.1) is 0 Å². The van der Waals surface area contributed by atoms with E-state index in [2.05, 4.69) is 28.8 Å². The maximum Gasteiger partial charge on any atom is 0.409 e. The molecule has 1 aromatic heterocycles. The Labute approximate surface area is 216 Å². The number of aromatic nitrogens is 2. The highest BCUT2D eigenvalue weighted by atomic mass is 16.5. The highest BCUT2D eigenvalue weighted by Crippen LogP contribution is 2.44. The zero-order valence-corrected chi connectivity index (χ0v) is 21.5. The number of methoxy groups -OCH3 is 1. The quantitative estimate of drug-likeness (QED) is 0.504. The van der Waals surface area contributed by atoms with Crippen LogP contribution >= 0.6 is 0 Å². The second-order valence-electron chi connectivity index (χ2n) is 10.7. The molecule has 2 heterocycles. The maximum absolute atomic E-state index is 12.3. The van der Waals surface area contributed by atoms with Crippen LogP contribution in [0.25, 0.3) is 11.0 Å². The second-order valence-corrected chi connectivity index (χ2v) is 10.7. The van der Waals surface area contributed by atoms with Crippen LogP contribution in [-0.4, -0.2) is 57.0 Å². The van der Waals surface area contributed by atoms with E-state index >= 15 is 0 Å². The molecule has 0 unspecified atom stereocenters. The molecular weight excluding hydrogens is 470 g/mol. The molecule has 2 aromatic carbocycles. The van der Waals surface area contributed by atoms with E-state index in [-0.39, 0.29) is 24.7 Å². The van der Waals surface area contributed by atoms with Gasteiger partial charge in [0.1, 0.15) is 5.82 Å². The van der Waals surface area contributed by atoms with Gasteiger partial charge in [0.2, 0.25) is 0 Å². The third kappa shape index (κ3) is 4.70. The van der Waals surface area contributed by atoms with Gasteiger partial charge in [0, 0.05) is 18.0 Å². The molecule has 3 aromatic rings. The lowest BCUT2D eigenvalue weighted by Crippen LogP contribution is -2.35. The fraction of sp³-hybridized carbons (Fsp3) is 0.483. The molecule has 1 fully saturated rings. The minimum atomic E-state index is -0.742. The monoisotopic (exact) mass is 505 g/mol. The Morgan fingerprint density at radius 1 is 1.16 bits per heavy atom. The fourth-order valence-corrected chi connectivity index (χ4v) is 6.02. The largest absolute Gasteiger partial charge is 0.481 e. The van der Waals surface area contributed by atoms with Gasteiger partial charge < -0.3 is 24.4 Å². The molecule has 2 aliphatic rings. The number of amides is 1. The molecule has 37 heavy (non-hydrogen) atoms. The predicted molar refractivity (Wildman–Crippen MR) is 139 cm³/mol. The number of aliphatic hydroxyl groups excluding tert-OH is 1.